The molecular weight excluding hydrogens is 266 g/mol. The molecule has 0 saturated heterocycles. The molecule has 4 heteroatoms. The Balaban J connectivity index is 2.31. The number of alkyl carbamates (subject to hydrolysis) is 1. The van der Waals surface area contributed by atoms with Crippen molar-refractivity contribution in [3.05, 3.63) is 35.9 Å². The quantitative estimate of drug-likeness (QED) is 0.794. The maximum Gasteiger partial charge on any atom is 0.408 e. The Kier molecular flexibility index (Phi) is 7.51. The number of hydrogen-bond acceptors (Lipinski definition) is 3. The molecule has 116 valence electrons. The van der Waals surface area contributed by atoms with Gasteiger partial charge in [0.1, 0.15) is 6.61 Å². The molecule has 4 nitrogen and oxygen atoms in total. The highest BCUT2D eigenvalue weighted by atomic mass is 16.5. The van der Waals surface area contributed by atoms with Crippen LogP contribution in [-0.4, -0.2) is 17.9 Å². The van der Waals surface area contributed by atoms with Gasteiger partial charge in [0.05, 0.1) is 6.04 Å². The first kappa shape index (κ1) is 17.2. The average Bonchev–Trinajstić information content (AvgIpc) is 2.46. The summed E-state index contributed by atoms with van der Waals surface area (Å²) in [5.74, 6) is 0.403. The number of benzene rings is 1. The van der Waals surface area contributed by atoms with Crippen molar-refractivity contribution in [1.29, 1.82) is 0 Å². The Morgan fingerprint density at radius 1 is 1.19 bits per heavy atom. The third-order valence-corrected chi connectivity index (χ3v) is 3.36. The van der Waals surface area contributed by atoms with E-state index in [2.05, 4.69) is 19.2 Å². The first-order valence-electron chi connectivity index (χ1n) is 7.52. The SMILES string of the molecule is CCCC(C)CC(=O)C(C)NC(=O)OCc1ccccc1. The number of hydrogen-bond donors (Lipinski definition) is 1. The fraction of sp³-hybridized carbons (Fsp3) is 0.529. The molecule has 21 heavy (non-hydrogen) atoms. The molecule has 0 aliphatic rings. The van der Waals surface area contributed by atoms with Crippen molar-refractivity contribution in [2.75, 3.05) is 0 Å². The Morgan fingerprint density at radius 2 is 1.86 bits per heavy atom. The Bertz CT molecular complexity index is 445. The van der Waals surface area contributed by atoms with Crippen molar-refractivity contribution in [3.63, 3.8) is 0 Å². The van der Waals surface area contributed by atoms with Gasteiger partial charge in [0.25, 0.3) is 0 Å². The fourth-order valence-corrected chi connectivity index (χ4v) is 2.14. The molecule has 1 amide bonds. The van der Waals surface area contributed by atoms with Crippen molar-refractivity contribution < 1.29 is 14.3 Å². The summed E-state index contributed by atoms with van der Waals surface area (Å²) in [4.78, 5) is 23.6. The van der Waals surface area contributed by atoms with Crippen molar-refractivity contribution >= 4 is 11.9 Å². The van der Waals surface area contributed by atoms with E-state index in [1.807, 2.05) is 30.3 Å². The Labute approximate surface area is 126 Å². The van der Waals surface area contributed by atoms with Crippen molar-refractivity contribution in [1.82, 2.24) is 5.32 Å². The molecule has 0 aliphatic heterocycles. The van der Waals surface area contributed by atoms with E-state index in [0.717, 1.165) is 18.4 Å². The molecule has 0 saturated carbocycles. The highest BCUT2D eigenvalue weighted by Crippen LogP contribution is 2.11. The zero-order valence-electron chi connectivity index (χ0n) is 13.1. The number of nitrogens with one attached hydrogen (secondary N) is 1. The fourth-order valence-electron chi connectivity index (χ4n) is 2.14. The Hall–Kier alpha value is -1.84. The van der Waals surface area contributed by atoms with Crippen LogP contribution in [-0.2, 0) is 16.1 Å². The summed E-state index contributed by atoms with van der Waals surface area (Å²) in [6.07, 6.45) is 2.03. The number of amides is 1. The number of carbonyl (C=O) groups excluding carboxylic acids is 2. The van der Waals surface area contributed by atoms with Gasteiger partial charge in [-0.2, -0.15) is 0 Å². The minimum atomic E-state index is -0.553. The molecule has 0 aromatic heterocycles. The smallest absolute Gasteiger partial charge is 0.408 e. The summed E-state index contributed by atoms with van der Waals surface area (Å²) in [6.45, 7) is 6.07. The lowest BCUT2D eigenvalue weighted by molar-refractivity contribution is -0.121. The molecule has 1 rings (SSSR count). The molecule has 1 N–H and O–H groups in total. The highest BCUT2D eigenvalue weighted by molar-refractivity contribution is 5.87. The number of ketones is 1. The van der Waals surface area contributed by atoms with E-state index < -0.39 is 12.1 Å². The summed E-state index contributed by atoms with van der Waals surface area (Å²) < 4.78 is 5.10. The second kappa shape index (κ2) is 9.16. The maximum atomic E-state index is 12.0. The van der Waals surface area contributed by atoms with Gasteiger partial charge >= 0.3 is 6.09 Å². The predicted molar refractivity (Wildman–Crippen MR) is 82.9 cm³/mol. The van der Waals surface area contributed by atoms with E-state index in [4.69, 9.17) is 4.74 Å². The van der Waals surface area contributed by atoms with Crippen LogP contribution in [0.3, 0.4) is 0 Å². The zero-order valence-corrected chi connectivity index (χ0v) is 13.1. The summed E-state index contributed by atoms with van der Waals surface area (Å²) >= 11 is 0. The van der Waals surface area contributed by atoms with Crippen LogP contribution in [0, 0.1) is 5.92 Å². The van der Waals surface area contributed by atoms with Gasteiger partial charge in [0.2, 0.25) is 0 Å². The molecule has 2 atom stereocenters. The molecule has 0 aliphatic carbocycles. The van der Waals surface area contributed by atoms with E-state index in [1.54, 1.807) is 6.92 Å². The molecule has 0 spiro atoms. The van der Waals surface area contributed by atoms with Crippen molar-refractivity contribution in [2.24, 2.45) is 5.92 Å². The monoisotopic (exact) mass is 291 g/mol. The van der Waals surface area contributed by atoms with E-state index >= 15 is 0 Å². The lowest BCUT2D eigenvalue weighted by Gasteiger charge is -2.15. The lowest BCUT2D eigenvalue weighted by Crippen LogP contribution is -2.39. The summed E-state index contributed by atoms with van der Waals surface area (Å²) in [7, 11) is 0. The van der Waals surface area contributed by atoms with E-state index in [1.165, 1.54) is 0 Å². The summed E-state index contributed by atoms with van der Waals surface area (Å²) in [6, 6.07) is 8.94. The highest BCUT2D eigenvalue weighted by Gasteiger charge is 2.18. The average molecular weight is 291 g/mol. The Morgan fingerprint density at radius 3 is 2.48 bits per heavy atom. The van der Waals surface area contributed by atoms with Crippen LogP contribution in [0.4, 0.5) is 4.79 Å². The van der Waals surface area contributed by atoms with Crippen molar-refractivity contribution in [2.45, 2.75) is 52.7 Å². The third-order valence-electron chi connectivity index (χ3n) is 3.36. The van der Waals surface area contributed by atoms with E-state index in [0.29, 0.717) is 12.3 Å². The standard InChI is InChI=1S/C17H25NO3/c1-4-8-13(2)11-16(19)14(3)18-17(20)21-12-15-9-6-5-7-10-15/h5-7,9-10,13-14H,4,8,11-12H2,1-3H3,(H,18,20). The van der Waals surface area contributed by atoms with Gasteiger partial charge in [-0.1, -0.05) is 57.0 Å². The summed E-state index contributed by atoms with van der Waals surface area (Å²) in [5.41, 5.74) is 0.920. The first-order valence-corrected chi connectivity index (χ1v) is 7.52. The number of ether oxygens (including phenoxy) is 1. The topological polar surface area (TPSA) is 55.4 Å². The van der Waals surface area contributed by atoms with Crippen LogP contribution in [0.2, 0.25) is 0 Å². The zero-order chi connectivity index (χ0) is 15.7. The molecule has 1 aromatic rings. The maximum absolute atomic E-state index is 12.0. The van der Waals surface area contributed by atoms with Gasteiger partial charge in [-0.15, -0.1) is 0 Å². The molecule has 0 heterocycles. The molecule has 0 radical (unpaired) electrons. The largest absolute Gasteiger partial charge is 0.445 e. The van der Waals surface area contributed by atoms with Gasteiger partial charge in [0, 0.05) is 6.42 Å². The molecule has 2 unspecified atom stereocenters. The molecular formula is C17H25NO3. The molecule has 0 bridgehead atoms. The molecule has 0 fully saturated rings. The predicted octanol–water partition coefficient (Wildman–Crippen LogP) is 3.70. The normalized spacial score (nSPS) is 13.3. The number of rotatable bonds is 8. The van der Waals surface area contributed by atoms with Gasteiger partial charge < -0.3 is 10.1 Å². The van der Waals surface area contributed by atoms with Gasteiger partial charge in [0.15, 0.2) is 5.78 Å². The van der Waals surface area contributed by atoms with Gasteiger partial charge in [-0.05, 0) is 18.4 Å². The van der Waals surface area contributed by atoms with Gasteiger partial charge in [-0.25, -0.2) is 4.79 Å². The second-order valence-electron chi connectivity index (χ2n) is 5.49. The lowest BCUT2D eigenvalue weighted by atomic mass is 9.97. The minimum absolute atomic E-state index is 0.0487. The molecule has 1 aromatic carbocycles. The summed E-state index contributed by atoms with van der Waals surface area (Å²) in [5, 5.41) is 2.59. The number of Topliss-reactive ketones (excluding diaryl/α,β-unsaturated/α-hetero) is 1. The van der Waals surface area contributed by atoms with E-state index in [9.17, 15) is 9.59 Å². The van der Waals surface area contributed by atoms with Crippen LogP contribution >= 0.6 is 0 Å². The van der Waals surface area contributed by atoms with Gasteiger partial charge in [-0.3, -0.25) is 4.79 Å². The van der Waals surface area contributed by atoms with Crippen LogP contribution in [0.1, 0.15) is 45.6 Å². The second-order valence-corrected chi connectivity index (χ2v) is 5.49. The number of carbonyl (C=O) groups is 2. The van der Waals surface area contributed by atoms with Crippen LogP contribution in [0.25, 0.3) is 0 Å². The first-order chi connectivity index (χ1) is 10.0. The van der Waals surface area contributed by atoms with E-state index in [-0.39, 0.29) is 12.4 Å². The van der Waals surface area contributed by atoms with Crippen LogP contribution in [0.5, 0.6) is 0 Å². The van der Waals surface area contributed by atoms with Crippen LogP contribution < -0.4 is 5.32 Å². The minimum Gasteiger partial charge on any atom is -0.445 e. The van der Waals surface area contributed by atoms with Crippen LogP contribution in [0.15, 0.2) is 30.3 Å². The third kappa shape index (κ3) is 6.93. The van der Waals surface area contributed by atoms with Crippen molar-refractivity contribution in [3.8, 4) is 0 Å².